The van der Waals surface area contributed by atoms with E-state index in [1.54, 1.807) is 36.4 Å². The quantitative estimate of drug-likeness (QED) is 0.515. The van der Waals surface area contributed by atoms with Crippen molar-refractivity contribution in [3.05, 3.63) is 64.4 Å². The number of phenols is 1. The van der Waals surface area contributed by atoms with Crippen molar-refractivity contribution in [3.8, 4) is 11.5 Å². The molecule has 160 valence electrons. The fourth-order valence-corrected chi connectivity index (χ4v) is 3.21. The lowest BCUT2D eigenvalue weighted by Gasteiger charge is -2.18. The van der Waals surface area contributed by atoms with Crippen LogP contribution in [-0.4, -0.2) is 42.5 Å². The minimum Gasteiger partial charge on any atom is -0.507 e. The van der Waals surface area contributed by atoms with E-state index in [4.69, 9.17) is 4.74 Å². The molecule has 1 N–H and O–H groups in total. The van der Waals surface area contributed by atoms with Crippen molar-refractivity contribution in [3.63, 3.8) is 0 Å². The van der Waals surface area contributed by atoms with E-state index in [1.807, 2.05) is 7.05 Å². The van der Waals surface area contributed by atoms with Gasteiger partial charge in [0.2, 0.25) is 5.78 Å². The molecule has 0 saturated heterocycles. The number of Topliss-reactive ketones (excluding diaryl/α,β-unsaturated/α-hetero) is 1. The summed E-state index contributed by atoms with van der Waals surface area (Å²) < 4.78 is 10.6. The van der Waals surface area contributed by atoms with Crippen LogP contribution in [0.5, 0.6) is 11.5 Å². The molecule has 0 amide bonds. The van der Waals surface area contributed by atoms with Gasteiger partial charge in [-0.3, -0.25) is 4.79 Å². The van der Waals surface area contributed by atoms with Gasteiger partial charge in [-0.1, -0.05) is 25.5 Å². The van der Waals surface area contributed by atoms with Crippen molar-refractivity contribution in [2.45, 2.75) is 26.3 Å². The standard InChI is InChI=1S/C23H25NO5.ClH/c1-4-5-12-24(2)14-18-19(25)11-10-17-21(26)20(29-22(17)18)13-15-6-8-16(9-7-15)23(27)28-3;/h6-11,13,25H,4-5,12,14H2,1-3H3;1H. The third-order valence-corrected chi connectivity index (χ3v) is 4.87. The maximum Gasteiger partial charge on any atom is 0.337 e. The number of nitrogens with zero attached hydrogens (tertiary/aromatic N) is 1. The number of ketones is 1. The van der Waals surface area contributed by atoms with Gasteiger partial charge < -0.3 is 19.5 Å². The van der Waals surface area contributed by atoms with E-state index in [9.17, 15) is 14.7 Å². The van der Waals surface area contributed by atoms with E-state index in [2.05, 4.69) is 16.6 Å². The molecule has 30 heavy (non-hydrogen) atoms. The number of ether oxygens (including phenoxy) is 2. The highest BCUT2D eigenvalue weighted by atomic mass is 35.5. The second-order valence-electron chi connectivity index (χ2n) is 7.08. The summed E-state index contributed by atoms with van der Waals surface area (Å²) in [6, 6.07) is 9.82. The molecule has 0 unspecified atom stereocenters. The van der Waals surface area contributed by atoms with E-state index in [0.717, 1.165) is 24.9 Å². The predicted octanol–water partition coefficient (Wildman–Crippen LogP) is 4.45. The molecule has 7 heteroatoms. The van der Waals surface area contributed by atoms with Crippen LogP contribution in [0.2, 0.25) is 0 Å². The number of hydrogen-bond donors (Lipinski definition) is 1. The number of benzene rings is 2. The summed E-state index contributed by atoms with van der Waals surface area (Å²) in [7, 11) is 3.30. The average molecular weight is 432 g/mol. The van der Waals surface area contributed by atoms with E-state index in [0.29, 0.717) is 29.0 Å². The number of aromatic hydroxyl groups is 1. The van der Waals surface area contributed by atoms with Crippen molar-refractivity contribution in [2.24, 2.45) is 0 Å². The molecule has 0 atom stereocenters. The molecule has 0 fully saturated rings. The Morgan fingerprint density at radius 3 is 2.53 bits per heavy atom. The minimum atomic E-state index is -0.419. The Morgan fingerprint density at radius 1 is 1.20 bits per heavy atom. The third-order valence-electron chi connectivity index (χ3n) is 4.87. The van der Waals surface area contributed by atoms with Crippen LogP contribution < -0.4 is 4.74 Å². The monoisotopic (exact) mass is 431 g/mol. The van der Waals surface area contributed by atoms with Gasteiger partial charge in [0, 0.05) is 6.54 Å². The predicted molar refractivity (Wildman–Crippen MR) is 117 cm³/mol. The van der Waals surface area contributed by atoms with Gasteiger partial charge in [-0.05, 0) is 55.9 Å². The molecular weight excluding hydrogens is 406 g/mol. The van der Waals surface area contributed by atoms with Crippen molar-refractivity contribution < 1.29 is 24.2 Å². The third kappa shape index (κ3) is 5.01. The van der Waals surface area contributed by atoms with Crippen LogP contribution in [0.15, 0.2) is 42.2 Å². The molecule has 0 radical (unpaired) electrons. The van der Waals surface area contributed by atoms with Gasteiger partial charge in [0.05, 0.1) is 23.8 Å². The zero-order valence-electron chi connectivity index (χ0n) is 17.3. The number of unbranched alkanes of at least 4 members (excludes halogenated alkanes) is 1. The molecule has 0 aliphatic carbocycles. The maximum absolute atomic E-state index is 12.8. The molecule has 1 heterocycles. The van der Waals surface area contributed by atoms with Gasteiger partial charge >= 0.3 is 5.97 Å². The van der Waals surface area contributed by atoms with Crippen molar-refractivity contribution in [1.82, 2.24) is 4.90 Å². The Hall–Kier alpha value is -2.83. The first-order chi connectivity index (χ1) is 13.9. The van der Waals surface area contributed by atoms with Crippen LogP contribution in [0.1, 0.15) is 51.6 Å². The van der Waals surface area contributed by atoms with Crippen LogP contribution in [0, 0.1) is 0 Å². The summed E-state index contributed by atoms with van der Waals surface area (Å²) in [6.07, 6.45) is 3.77. The fraction of sp³-hybridized carbons (Fsp3) is 0.304. The first-order valence-corrected chi connectivity index (χ1v) is 9.60. The summed E-state index contributed by atoms with van der Waals surface area (Å²) in [5, 5.41) is 10.3. The highest BCUT2D eigenvalue weighted by Gasteiger charge is 2.31. The van der Waals surface area contributed by atoms with Gasteiger partial charge in [-0.2, -0.15) is 0 Å². The number of fused-ring (bicyclic) bond motifs is 1. The number of esters is 1. The smallest absolute Gasteiger partial charge is 0.337 e. The molecule has 2 aromatic rings. The van der Waals surface area contributed by atoms with Crippen LogP contribution in [0.3, 0.4) is 0 Å². The number of rotatable bonds is 7. The van der Waals surface area contributed by atoms with Crippen molar-refractivity contribution in [1.29, 1.82) is 0 Å². The average Bonchev–Trinajstić information content (AvgIpc) is 3.04. The second-order valence-corrected chi connectivity index (χ2v) is 7.08. The summed E-state index contributed by atoms with van der Waals surface area (Å²) in [5.74, 6) is 0.0693. The molecule has 6 nitrogen and oxygen atoms in total. The Morgan fingerprint density at radius 2 is 1.90 bits per heavy atom. The van der Waals surface area contributed by atoms with E-state index in [-0.39, 0.29) is 29.7 Å². The number of carbonyl (C=O) groups excluding carboxylic acids is 2. The zero-order chi connectivity index (χ0) is 21.0. The van der Waals surface area contributed by atoms with Crippen LogP contribution in [0.4, 0.5) is 0 Å². The van der Waals surface area contributed by atoms with E-state index >= 15 is 0 Å². The summed E-state index contributed by atoms with van der Waals surface area (Å²) in [6.45, 7) is 3.51. The molecule has 3 rings (SSSR count). The minimum absolute atomic E-state index is 0. The SMILES string of the molecule is CCCCN(C)Cc1c(O)ccc2c1OC(=Cc1ccc(C(=O)OC)cc1)C2=O.Cl. The second kappa shape index (κ2) is 10.3. The summed E-state index contributed by atoms with van der Waals surface area (Å²) >= 11 is 0. The van der Waals surface area contributed by atoms with E-state index < -0.39 is 5.97 Å². The number of carbonyl (C=O) groups is 2. The van der Waals surface area contributed by atoms with Crippen LogP contribution in [0.25, 0.3) is 6.08 Å². The van der Waals surface area contributed by atoms with Gasteiger partial charge in [-0.15, -0.1) is 12.4 Å². The number of hydrogen-bond acceptors (Lipinski definition) is 6. The molecule has 0 bridgehead atoms. The van der Waals surface area contributed by atoms with Gasteiger partial charge in [0.1, 0.15) is 11.5 Å². The Kier molecular flexibility index (Phi) is 8.03. The summed E-state index contributed by atoms with van der Waals surface area (Å²) in [4.78, 5) is 26.4. The largest absolute Gasteiger partial charge is 0.507 e. The topological polar surface area (TPSA) is 76.1 Å². The Balaban J connectivity index is 0.00000320. The number of allylic oxidation sites excluding steroid dienone is 1. The Labute approximate surface area is 182 Å². The zero-order valence-corrected chi connectivity index (χ0v) is 18.1. The molecule has 0 spiro atoms. The first-order valence-electron chi connectivity index (χ1n) is 9.60. The summed E-state index contributed by atoms with van der Waals surface area (Å²) in [5.41, 5.74) is 2.21. The molecular formula is C23H26ClNO5. The number of methoxy groups -OCH3 is 1. The molecule has 1 aliphatic rings. The highest BCUT2D eigenvalue weighted by molar-refractivity contribution is 6.15. The van der Waals surface area contributed by atoms with Crippen LogP contribution in [-0.2, 0) is 11.3 Å². The lowest BCUT2D eigenvalue weighted by molar-refractivity contribution is 0.0600. The lowest BCUT2D eigenvalue weighted by Crippen LogP contribution is -2.19. The van der Waals surface area contributed by atoms with Gasteiger partial charge in [0.15, 0.2) is 5.76 Å². The van der Waals surface area contributed by atoms with Crippen LogP contribution >= 0.6 is 12.4 Å². The number of halogens is 1. The number of phenolic OH excluding ortho intramolecular Hbond substituents is 1. The molecule has 0 aromatic heterocycles. The van der Waals surface area contributed by atoms with Gasteiger partial charge in [-0.25, -0.2) is 4.79 Å². The van der Waals surface area contributed by atoms with E-state index in [1.165, 1.54) is 13.2 Å². The fourth-order valence-electron chi connectivity index (χ4n) is 3.21. The highest BCUT2D eigenvalue weighted by Crippen LogP contribution is 2.40. The molecule has 1 aliphatic heterocycles. The first kappa shape index (κ1) is 23.4. The normalized spacial score (nSPS) is 13.7. The van der Waals surface area contributed by atoms with Crippen molar-refractivity contribution >= 4 is 30.2 Å². The van der Waals surface area contributed by atoms with Crippen molar-refractivity contribution in [2.75, 3.05) is 20.7 Å². The maximum atomic E-state index is 12.8. The lowest BCUT2D eigenvalue weighted by atomic mass is 10.0. The Bertz CT molecular complexity index is 953. The molecule has 0 saturated carbocycles. The molecule has 2 aromatic carbocycles. The van der Waals surface area contributed by atoms with Gasteiger partial charge in [0.25, 0.3) is 0 Å².